The van der Waals surface area contributed by atoms with E-state index in [0.29, 0.717) is 11.4 Å². The summed E-state index contributed by atoms with van der Waals surface area (Å²) in [5.41, 5.74) is 3.38. The normalized spacial score (nSPS) is 16.3. The lowest BCUT2D eigenvalue weighted by Gasteiger charge is -2.25. The average Bonchev–Trinajstić information content (AvgIpc) is 3.20. The number of carbonyl (C=O) groups excluding carboxylic acids is 1. The number of hydrogen-bond acceptors (Lipinski definition) is 4. The van der Waals surface area contributed by atoms with Crippen molar-refractivity contribution in [2.45, 2.75) is 17.2 Å². The number of anilines is 2. The van der Waals surface area contributed by atoms with Crippen LogP contribution in [0.2, 0.25) is 0 Å². The summed E-state index contributed by atoms with van der Waals surface area (Å²) < 4.78 is 28.5. The summed E-state index contributed by atoms with van der Waals surface area (Å²) in [6, 6.07) is 27.9. The molecule has 1 N–H and O–H groups in total. The summed E-state index contributed by atoms with van der Waals surface area (Å²) in [4.78, 5) is 14.6. The summed E-state index contributed by atoms with van der Waals surface area (Å²) >= 11 is 1.57. The Balaban J connectivity index is 1.38. The van der Waals surface area contributed by atoms with Crippen molar-refractivity contribution < 1.29 is 13.2 Å². The number of carbonyl (C=O) groups is 1. The molecule has 1 unspecified atom stereocenters. The zero-order chi connectivity index (χ0) is 23.0. The van der Waals surface area contributed by atoms with Crippen molar-refractivity contribution in [3.8, 4) is 0 Å². The molecule has 1 atom stereocenters. The van der Waals surface area contributed by atoms with Gasteiger partial charge in [0.15, 0.2) is 0 Å². The van der Waals surface area contributed by atoms with Gasteiger partial charge in [0.1, 0.15) is 5.37 Å². The fraction of sp³-hybridized carbons (Fsp3) is 0.115. The van der Waals surface area contributed by atoms with E-state index in [1.54, 1.807) is 42.1 Å². The maximum atomic E-state index is 12.9. The Morgan fingerprint density at radius 3 is 2.39 bits per heavy atom. The number of amides is 1. The van der Waals surface area contributed by atoms with E-state index < -0.39 is 10.0 Å². The van der Waals surface area contributed by atoms with E-state index in [0.717, 1.165) is 27.6 Å². The van der Waals surface area contributed by atoms with E-state index in [1.165, 1.54) is 0 Å². The van der Waals surface area contributed by atoms with Crippen molar-refractivity contribution >= 4 is 49.8 Å². The minimum absolute atomic E-state index is 0.0664. The molecule has 4 aromatic rings. The predicted molar refractivity (Wildman–Crippen MR) is 135 cm³/mol. The van der Waals surface area contributed by atoms with Gasteiger partial charge in [-0.25, -0.2) is 8.42 Å². The lowest BCUT2D eigenvalue weighted by Crippen LogP contribution is -2.27. The minimum Gasteiger partial charge on any atom is -0.295 e. The molecule has 4 aromatic carbocycles. The first kappa shape index (κ1) is 21.6. The van der Waals surface area contributed by atoms with Gasteiger partial charge in [0.2, 0.25) is 5.91 Å². The van der Waals surface area contributed by atoms with Gasteiger partial charge in [-0.2, -0.15) is 0 Å². The second-order valence-electron chi connectivity index (χ2n) is 8.00. The van der Waals surface area contributed by atoms with Gasteiger partial charge in [-0.15, -0.1) is 11.8 Å². The van der Waals surface area contributed by atoms with Crippen LogP contribution in [0.25, 0.3) is 10.8 Å². The number of nitrogens with one attached hydrogen (secondary N) is 1. The molecule has 0 spiro atoms. The maximum Gasteiger partial charge on any atom is 0.261 e. The number of aryl methyl sites for hydroxylation is 1. The maximum absolute atomic E-state index is 12.9. The Labute approximate surface area is 197 Å². The monoisotopic (exact) mass is 474 g/mol. The van der Waals surface area contributed by atoms with E-state index >= 15 is 0 Å². The number of benzene rings is 4. The summed E-state index contributed by atoms with van der Waals surface area (Å²) in [6.45, 7) is 2.00. The largest absolute Gasteiger partial charge is 0.295 e. The van der Waals surface area contributed by atoms with E-state index in [2.05, 4.69) is 4.72 Å². The predicted octanol–water partition coefficient (Wildman–Crippen LogP) is 5.73. The highest BCUT2D eigenvalue weighted by atomic mass is 32.2. The van der Waals surface area contributed by atoms with Gasteiger partial charge in [-0.1, -0.05) is 54.6 Å². The molecule has 0 saturated carbocycles. The van der Waals surface area contributed by atoms with E-state index in [9.17, 15) is 13.2 Å². The summed E-state index contributed by atoms with van der Waals surface area (Å²) in [5.74, 6) is 0.478. The van der Waals surface area contributed by atoms with Crippen LogP contribution >= 0.6 is 11.8 Å². The van der Waals surface area contributed by atoms with E-state index in [1.807, 2.05) is 72.5 Å². The Hall–Kier alpha value is -3.29. The average molecular weight is 475 g/mol. The third-order valence-corrected chi connectivity index (χ3v) is 8.22. The zero-order valence-electron chi connectivity index (χ0n) is 17.9. The summed E-state index contributed by atoms with van der Waals surface area (Å²) in [5, 5.41) is 1.71. The third kappa shape index (κ3) is 4.34. The molecule has 0 bridgehead atoms. The summed E-state index contributed by atoms with van der Waals surface area (Å²) in [7, 11) is -3.72. The molecular formula is C26H22N2O3S2. The topological polar surface area (TPSA) is 66.5 Å². The molecule has 1 heterocycles. The van der Waals surface area contributed by atoms with E-state index in [-0.39, 0.29) is 16.2 Å². The molecule has 5 rings (SSSR count). The Morgan fingerprint density at radius 2 is 1.64 bits per heavy atom. The lowest BCUT2D eigenvalue weighted by atomic mass is 10.1. The molecule has 1 aliphatic rings. The smallest absolute Gasteiger partial charge is 0.261 e. The van der Waals surface area contributed by atoms with Crippen molar-refractivity contribution in [1.29, 1.82) is 0 Å². The second-order valence-corrected chi connectivity index (χ2v) is 10.8. The van der Waals surface area contributed by atoms with Crippen LogP contribution in [0.15, 0.2) is 95.9 Å². The lowest BCUT2D eigenvalue weighted by molar-refractivity contribution is -0.115. The van der Waals surface area contributed by atoms with Crippen molar-refractivity contribution in [2.75, 3.05) is 15.4 Å². The summed E-state index contributed by atoms with van der Waals surface area (Å²) in [6.07, 6.45) is 0. The number of sulfonamides is 1. The highest BCUT2D eigenvalue weighted by Gasteiger charge is 2.34. The first-order valence-corrected chi connectivity index (χ1v) is 13.1. The number of rotatable bonds is 5. The first-order valence-electron chi connectivity index (χ1n) is 10.5. The Bertz CT molecular complexity index is 1450. The molecule has 33 heavy (non-hydrogen) atoms. The number of hydrogen-bond donors (Lipinski definition) is 1. The van der Waals surface area contributed by atoms with E-state index in [4.69, 9.17) is 0 Å². The van der Waals surface area contributed by atoms with Gasteiger partial charge >= 0.3 is 0 Å². The molecule has 1 amide bonds. The van der Waals surface area contributed by atoms with Crippen LogP contribution in [0.1, 0.15) is 16.5 Å². The molecule has 1 saturated heterocycles. The van der Waals surface area contributed by atoms with Crippen molar-refractivity contribution in [3.63, 3.8) is 0 Å². The first-order chi connectivity index (χ1) is 15.9. The molecule has 0 aromatic heterocycles. The van der Waals surface area contributed by atoms with Crippen LogP contribution in [-0.4, -0.2) is 20.1 Å². The fourth-order valence-corrected chi connectivity index (χ4v) is 6.26. The van der Waals surface area contributed by atoms with Crippen molar-refractivity contribution in [1.82, 2.24) is 0 Å². The molecular weight excluding hydrogens is 452 g/mol. The van der Waals surface area contributed by atoms with Gasteiger partial charge in [0.25, 0.3) is 10.0 Å². The van der Waals surface area contributed by atoms with Crippen LogP contribution in [0.4, 0.5) is 11.4 Å². The molecule has 166 valence electrons. The van der Waals surface area contributed by atoms with Crippen LogP contribution in [0.3, 0.4) is 0 Å². The highest BCUT2D eigenvalue weighted by Crippen LogP contribution is 2.42. The third-order valence-electron chi connectivity index (χ3n) is 5.63. The molecule has 1 aliphatic heterocycles. The second kappa shape index (κ2) is 8.57. The minimum atomic E-state index is -3.72. The Morgan fingerprint density at radius 1 is 0.879 bits per heavy atom. The van der Waals surface area contributed by atoms with Gasteiger partial charge < -0.3 is 0 Å². The van der Waals surface area contributed by atoms with Gasteiger partial charge in [-0.05, 0) is 65.2 Å². The van der Waals surface area contributed by atoms with Crippen molar-refractivity contribution in [3.05, 3.63) is 102 Å². The molecule has 5 nitrogen and oxygen atoms in total. The van der Waals surface area contributed by atoms with Crippen LogP contribution in [-0.2, 0) is 14.8 Å². The highest BCUT2D eigenvalue weighted by molar-refractivity contribution is 8.00. The van der Waals surface area contributed by atoms with Crippen LogP contribution < -0.4 is 9.62 Å². The fourth-order valence-electron chi connectivity index (χ4n) is 3.99. The number of thioether (sulfide) groups is 1. The van der Waals surface area contributed by atoms with Gasteiger partial charge in [0, 0.05) is 11.4 Å². The number of fused-ring (bicyclic) bond motifs is 1. The van der Waals surface area contributed by atoms with Crippen LogP contribution in [0, 0.1) is 6.92 Å². The Kier molecular flexibility index (Phi) is 5.60. The van der Waals surface area contributed by atoms with Crippen molar-refractivity contribution in [2.24, 2.45) is 0 Å². The van der Waals surface area contributed by atoms with Gasteiger partial charge in [-0.3, -0.25) is 14.4 Å². The number of nitrogens with zero attached hydrogens (tertiary/aromatic N) is 1. The molecule has 1 fully saturated rings. The van der Waals surface area contributed by atoms with Gasteiger partial charge in [0.05, 0.1) is 10.6 Å². The zero-order valence-corrected chi connectivity index (χ0v) is 19.6. The standard InChI is InChI=1S/C26H22N2O3S2/c1-18-5-4-8-23(15-18)28-25(29)17-32-26(28)20-9-12-22(13-10-20)27-33(30,31)24-14-11-19-6-2-3-7-21(19)16-24/h2-16,26-27H,17H2,1H3. The quantitative estimate of drug-likeness (QED) is 0.401. The molecule has 7 heteroatoms. The SMILES string of the molecule is Cc1cccc(N2C(=O)CSC2c2ccc(NS(=O)(=O)c3ccc4ccccc4c3)cc2)c1. The molecule has 0 radical (unpaired) electrons. The molecule has 0 aliphatic carbocycles. The van der Waals surface area contributed by atoms with Crippen LogP contribution in [0.5, 0.6) is 0 Å².